The summed E-state index contributed by atoms with van der Waals surface area (Å²) in [7, 11) is 0. The van der Waals surface area contributed by atoms with Gasteiger partial charge in [0.05, 0.1) is 11.6 Å². The molecule has 0 saturated carbocycles. The van der Waals surface area contributed by atoms with Gasteiger partial charge in [-0.3, -0.25) is 4.79 Å². The standard InChI is InChI=1S/C24H24F4N2O3/c1-4-13-10-23(33,24(26,27)28)22(15-9-11(2)12(3)21(32)19(13)15)29-17-7-6-16(25)20-14(17)5-8-18(31)30-20/h5-9,13,22,29,32-33H,4,10H2,1-3H3,(H,30,31)/t13-,22?,23?/m0/s1. The first-order valence-corrected chi connectivity index (χ1v) is 10.6. The van der Waals surface area contributed by atoms with Crippen molar-refractivity contribution in [1.29, 1.82) is 0 Å². The van der Waals surface area contributed by atoms with E-state index in [9.17, 15) is 32.6 Å². The molecule has 1 aliphatic carbocycles. The molecule has 4 N–H and O–H groups in total. The lowest BCUT2D eigenvalue weighted by atomic mass is 9.68. The Morgan fingerprint density at radius 3 is 2.55 bits per heavy atom. The van der Waals surface area contributed by atoms with Crippen LogP contribution in [0.5, 0.6) is 5.75 Å². The van der Waals surface area contributed by atoms with Gasteiger partial charge in [-0.25, -0.2) is 4.39 Å². The van der Waals surface area contributed by atoms with Gasteiger partial charge in [-0.2, -0.15) is 13.2 Å². The number of aliphatic hydroxyl groups is 1. The summed E-state index contributed by atoms with van der Waals surface area (Å²) in [6, 6.07) is 4.62. The number of hydrogen-bond donors (Lipinski definition) is 4. The number of H-pyrrole nitrogens is 1. The second kappa shape index (κ2) is 7.76. The first kappa shape index (κ1) is 23.1. The van der Waals surface area contributed by atoms with Crippen LogP contribution in [0.25, 0.3) is 10.9 Å². The molecule has 0 fully saturated rings. The van der Waals surface area contributed by atoms with Crippen molar-refractivity contribution in [1.82, 2.24) is 4.98 Å². The summed E-state index contributed by atoms with van der Waals surface area (Å²) in [5.41, 5.74) is -2.13. The number of phenols is 1. The third-order valence-corrected chi connectivity index (χ3v) is 6.77. The van der Waals surface area contributed by atoms with Gasteiger partial charge < -0.3 is 20.5 Å². The molecular formula is C24H24F4N2O3. The predicted octanol–water partition coefficient (Wildman–Crippen LogP) is 5.33. The lowest BCUT2D eigenvalue weighted by molar-refractivity contribution is -0.272. The van der Waals surface area contributed by atoms with Crippen molar-refractivity contribution in [3.05, 3.63) is 68.8 Å². The molecule has 0 amide bonds. The number of aryl methyl sites for hydroxylation is 1. The van der Waals surface area contributed by atoms with E-state index in [1.165, 1.54) is 12.1 Å². The van der Waals surface area contributed by atoms with Gasteiger partial charge in [-0.05, 0) is 67.5 Å². The summed E-state index contributed by atoms with van der Waals surface area (Å²) in [5.74, 6) is -1.54. The number of anilines is 1. The largest absolute Gasteiger partial charge is 0.507 e. The van der Waals surface area contributed by atoms with Crippen LogP contribution >= 0.6 is 0 Å². The summed E-state index contributed by atoms with van der Waals surface area (Å²) >= 11 is 0. The SMILES string of the molecule is CC[C@H]1CC(O)(C(F)(F)F)C(Nc2ccc(F)c3[nH]c(=O)ccc23)c2cc(C)c(C)c(O)c21. The Morgan fingerprint density at radius 1 is 1.21 bits per heavy atom. The van der Waals surface area contributed by atoms with Crippen molar-refractivity contribution in [3.63, 3.8) is 0 Å². The minimum absolute atomic E-state index is 0.0823. The first-order chi connectivity index (χ1) is 15.4. The molecule has 3 atom stereocenters. The number of alkyl halides is 3. The molecule has 176 valence electrons. The van der Waals surface area contributed by atoms with E-state index in [4.69, 9.17) is 0 Å². The Balaban J connectivity index is 1.98. The van der Waals surface area contributed by atoms with Crippen molar-refractivity contribution < 1.29 is 27.8 Å². The number of aromatic amines is 1. The number of pyridine rings is 1. The Bertz CT molecular complexity index is 1300. The van der Waals surface area contributed by atoms with Crippen LogP contribution < -0.4 is 10.9 Å². The number of nitrogens with one attached hydrogen (secondary N) is 2. The maximum atomic E-state index is 14.3. The van der Waals surface area contributed by atoms with Crippen LogP contribution in [-0.4, -0.2) is 27.0 Å². The van der Waals surface area contributed by atoms with E-state index >= 15 is 0 Å². The fraction of sp³-hybridized carbons (Fsp3) is 0.375. The molecule has 1 aliphatic rings. The highest BCUT2D eigenvalue weighted by Gasteiger charge is 2.62. The smallest absolute Gasteiger partial charge is 0.419 e. The van der Waals surface area contributed by atoms with E-state index in [0.29, 0.717) is 16.7 Å². The number of aromatic nitrogens is 1. The molecule has 33 heavy (non-hydrogen) atoms. The normalized spacial score (nSPS) is 22.9. The van der Waals surface area contributed by atoms with Crippen LogP contribution in [0.4, 0.5) is 23.2 Å². The van der Waals surface area contributed by atoms with Gasteiger partial charge in [0, 0.05) is 22.7 Å². The number of phenolic OH excluding ortho intramolecular Hbond substituents is 1. The van der Waals surface area contributed by atoms with Gasteiger partial charge in [0.1, 0.15) is 11.6 Å². The van der Waals surface area contributed by atoms with Crippen LogP contribution in [0.15, 0.2) is 35.1 Å². The predicted molar refractivity (Wildman–Crippen MR) is 117 cm³/mol. The summed E-state index contributed by atoms with van der Waals surface area (Å²) in [5, 5.41) is 24.9. The maximum absolute atomic E-state index is 14.3. The zero-order valence-electron chi connectivity index (χ0n) is 18.3. The Hall–Kier alpha value is -3.07. The first-order valence-electron chi connectivity index (χ1n) is 10.6. The molecule has 3 aromatic rings. The molecule has 9 heteroatoms. The lowest BCUT2D eigenvalue weighted by Gasteiger charge is -2.46. The number of halogens is 4. The van der Waals surface area contributed by atoms with E-state index in [1.54, 1.807) is 26.8 Å². The summed E-state index contributed by atoms with van der Waals surface area (Å²) < 4.78 is 57.3. The average Bonchev–Trinajstić information content (AvgIpc) is 2.74. The summed E-state index contributed by atoms with van der Waals surface area (Å²) in [6.07, 6.45) is -5.35. The van der Waals surface area contributed by atoms with Crippen molar-refractivity contribution in [2.24, 2.45) is 0 Å². The highest BCUT2D eigenvalue weighted by atomic mass is 19.4. The van der Waals surface area contributed by atoms with Crippen LogP contribution in [-0.2, 0) is 0 Å². The highest BCUT2D eigenvalue weighted by Crippen LogP contribution is 2.56. The minimum atomic E-state index is -4.99. The molecule has 5 nitrogen and oxygen atoms in total. The van der Waals surface area contributed by atoms with E-state index in [2.05, 4.69) is 10.3 Å². The molecule has 2 aromatic carbocycles. The molecule has 2 unspecified atom stereocenters. The van der Waals surface area contributed by atoms with Crippen LogP contribution in [0.3, 0.4) is 0 Å². The van der Waals surface area contributed by atoms with Gasteiger partial charge in [-0.1, -0.05) is 13.0 Å². The van der Waals surface area contributed by atoms with E-state index < -0.39 is 41.5 Å². The fourth-order valence-electron chi connectivity index (χ4n) is 4.79. The second-order valence-electron chi connectivity index (χ2n) is 8.68. The molecule has 0 radical (unpaired) electrons. The zero-order chi connectivity index (χ0) is 24.3. The molecule has 0 saturated heterocycles. The molecule has 4 rings (SSSR count). The van der Waals surface area contributed by atoms with E-state index in [1.807, 2.05) is 0 Å². The van der Waals surface area contributed by atoms with E-state index in [-0.39, 0.29) is 34.3 Å². The Morgan fingerprint density at radius 2 is 1.91 bits per heavy atom. The number of fused-ring (bicyclic) bond motifs is 2. The minimum Gasteiger partial charge on any atom is -0.507 e. The summed E-state index contributed by atoms with van der Waals surface area (Å²) in [6.45, 7) is 5.07. The number of rotatable bonds is 3. The van der Waals surface area contributed by atoms with E-state index in [0.717, 1.165) is 12.1 Å². The van der Waals surface area contributed by atoms with Crippen molar-refractivity contribution >= 4 is 16.6 Å². The van der Waals surface area contributed by atoms with Crippen LogP contribution in [0.1, 0.15) is 54.0 Å². The van der Waals surface area contributed by atoms with Gasteiger partial charge >= 0.3 is 6.18 Å². The van der Waals surface area contributed by atoms with Crippen LogP contribution in [0.2, 0.25) is 0 Å². The van der Waals surface area contributed by atoms with Gasteiger partial charge in [0.15, 0.2) is 5.60 Å². The molecule has 0 spiro atoms. The maximum Gasteiger partial charge on any atom is 0.419 e. The van der Waals surface area contributed by atoms with Crippen LogP contribution in [0, 0.1) is 19.7 Å². The molecule has 1 aromatic heterocycles. The zero-order valence-corrected chi connectivity index (χ0v) is 18.3. The average molecular weight is 464 g/mol. The number of hydrogen-bond acceptors (Lipinski definition) is 4. The third kappa shape index (κ3) is 3.55. The molecule has 0 bridgehead atoms. The Kier molecular flexibility index (Phi) is 5.43. The quantitative estimate of drug-likeness (QED) is 0.395. The van der Waals surface area contributed by atoms with Gasteiger partial charge in [0.25, 0.3) is 0 Å². The van der Waals surface area contributed by atoms with Crippen molar-refractivity contribution in [3.8, 4) is 5.75 Å². The Labute approximate surface area is 187 Å². The van der Waals surface area contributed by atoms with Crippen molar-refractivity contribution in [2.75, 3.05) is 5.32 Å². The summed E-state index contributed by atoms with van der Waals surface area (Å²) in [4.78, 5) is 14.0. The van der Waals surface area contributed by atoms with Gasteiger partial charge in [-0.15, -0.1) is 0 Å². The number of benzene rings is 2. The second-order valence-corrected chi connectivity index (χ2v) is 8.68. The highest BCUT2D eigenvalue weighted by molar-refractivity contribution is 5.91. The molecular weight excluding hydrogens is 440 g/mol. The molecule has 0 aliphatic heterocycles. The monoisotopic (exact) mass is 464 g/mol. The lowest BCUT2D eigenvalue weighted by Crippen LogP contribution is -2.55. The molecule has 1 heterocycles. The third-order valence-electron chi connectivity index (χ3n) is 6.77. The van der Waals surface area contributed by atoms with Crippen molar-refractivity contribution in [2.45, 2.75) is 57.3 Å². The topological polar surface area (TPSA) is 85.4 Å². The number of aromatic hydroxyl groups is 1. The fourth-order valence-corrected chi connectivity index (χ4v) is 4.79. The van der Waals surface area contributed by atoms with Gasteiger partial charge in [0.2, 0.25) is 5.56 Å².